The van der Waals surface area contributed by atoms with Gasteiger partial charge in [0.15, 0.2) is 14.9 Å². The van der Waals surface area contributed by atoms with Crippen molar-refractivity contribution in [1.29, 1.82) is 0 Å². The Hall–Kier alpha value is -0.140. The van der Waals surface area contributed by atoms with Gasteiger partial charge in [0, 0.05) is 0 Å². The highest BCUT2D eigenvalue weighted by molar-refractivity contribution is 8.06. The van der Waals surface area contributed by atoms with Gasteiger partial charge in [-0.25, -0.2) is 8.42 Å². The molecule has 80 valence electrons. The third kappa shape index (κ3) is 6.00. The highest BCUT2D eigenvalue weighted by Crippen LogP contribution is 2.02. The normalized spacial score (nSPS) is 13.1. The van der Waals surface area contributed by atoms with Crippen molar-refractivity contribution in [2.24, 2.45) is 0 Å². The summed E-state index contributed by atoms with van der Waals surface area (Å²) < 4.78 is 48.3. The molecule has 0 aliphatic carbocycles. The van der Waals surface area contributed by atoms with Gasteiger partial charge < -0.3 is 0 Å². The first-order valence-corrected chi connectivity index (χ1v) is 7.30. The molecule has 0 unspecified atom stereocenters. The highest BCUT2D eigenvalue weighted by Gasteiger charge is 2.21. The molecule has 0 bridgehead atoms. The molecular formula is C6H14O5S2. The number of sulfone groups is 1. The van der Waals surface area contributed by atoms with E-state index in [-0.39, 0.29) is 12.4 Å². The van der Waals surface area contributed by atoms with Gasteiger partial charge in [0.2, 0.25) is 0 Å². The first kappa shape index (κ1) is 12.9. The van der Waals surface area contributed by atoms with Crippen LogP contribution in [0.1, 0.15) is 20.3 Å². The fraction of sp³-hybridized carbons (Fsp3) is 1.00. The summed E-state index contributed by atoms with van der Waals surface area (Å²) in [6.07, 6.45) is 0.407. The zero-order valence-corrected chi connectivity index (χ0v) is 9.32. The Kier molecular flexibility index (Phi) is 4.87. The molecule has 0 spiro atoms. The minimum Gasteiger partial charge on any atom is -0.270 e. The van der Waals surface area contributed by atoms with Crippen LogP contribution in [0, 0.1) is 0 Å². The minimum atomic E-state index is -3.90. The number of rotatable bonds is 6. The van der Waals surface area contributed by atoms with Crippen LogP contribution in [-0.2, 0) is 24.1 Å². The van der Waals surface area contributed by atoms with E-state index in [0.29, 0.717) is 6.42 Å². The predicted molar refractivity (Wildman–Crippen MR) is 49.5 cm³/mol. The van der Waals surface area contributed by atoms with Gasteiger partial charge in [-0.2, -0.15) is 8.42 Å². The Morgan fingerprint density at radius 1 is 1.08 bits per heavy atom. The van der Waals surface area contributed by atoms with Crippen LogP contribution in [0.4, 0.5) is 0 Å². The van der Waals surface area contributed by atoms with Crippen molar-refractivity contribution in [1.82, 2.24) is 0 Å². The molecule has 0 aromatic rings. The summed E-state index contributed by atoms with van der Waals surface area (Å²) >= 11 is 0. The van der Waals surface area contributed by atoms with E-state index in [0.717, 1.165) is 0 Å². The maximum absolute atomic E-state index is 11.1. The first-order chi connectivity index (χ1) is 5.83. The third-order valence-electron chi connectivity index (χ3n) is 1.14. The van der Waals surface area contributed by atoms with Crippen molar-refractivity contribution in [2.45, 2.75) is 20.3 Å². The van der Waals surface area contributed by atoms with E-state index < -0.39 is 25.0 Å². The Balaban J connectivity index is 4.44. The van der Waals surface area contributed by atoms with Crippen molar-refractivity contribution in [3.8, 4) is 0 Å². The average molecular weight is 230 g/mol. The zero-order chi connectivity index (χ0) is 10.5. The molecule has 0 aliphatic rings. The van der Waals surface area contributed by atoms with E-state index in [1.165, 1.54) is 6.92 Å². The van der Waals surface area contributed by atoms with Gasteiger partial charge in [-0.3, -0.25) is 4.18 Å². The molecule has 13 heavy (non-hydrogen) atoms. The summed E-state index contributed by atoms with van der Waals surface area (Å²) in [5.74, 6) is -0.126. The lowest BCUT2D eigenvalue weighted by molar-refractivity contribution is 0.341. The van der Waals surface area contributed by atoms with Gasteiger partial charge in [0.1, 0.15) is 0 Å². The standard InChI is InChI=1S/C6H14O5S2/c1-3-5-12(7,8)6-13(9,10)11-4-2/h3-6H2,1-2H3. The maximum atomic E-state index is 11.1. The number of hydrogen-bond donors (Lipinski definition) is 0. The lowest BCUT2D eigenvalue weighted by Gasteiger charge is -2.03. The first-order valence-electron chi connectivity index (χ1n) is 3.90. The molecule has 0 heterocycles. The summed E-state index contributed by atoms with van der Waals surface area (Å²) in [7, 11) is -7.42. The summed E-state index contributed by atoms with van der Waals surface area (Å²) in [5.41, 5.74) is 0. The molecule has 0 atom stereocenters. The molecular weight excluding hydrogens is 216 g/mol. The van der Waals surface area contributed by atoms with Gasteiger partial charge in [-0.15, -0.1) is 0 Å². The Morgan fingerprint density at radius 3 is 2.00 bits per heavy atom. The maximum Gasteiger partial charge on any atom is 0.281 e. The highest BCUT2D eigenvalue weighted by atomic mass is 32.3. The monoisotopic (exact) mass is 230 g/mol. The van der Waals surface area contributed by atoms with Crippen LogP contribution >= 0.6 is 0 Å². The van der Waals surface area contributed by atoms with Crippen LogP contribution < -0.4 is 0 Å². The Bertz CT molecular complexity index is 292. The lowest BCUT2D eigenvalue weighted by Crippen LogP contribution is -2.20. The third-order valence-corrected chi connectivity index (χ3v) is 5.35. The fourth-order valence-corrected chi connectivity index (χ4v) is 4.29. The molecule has 7 heteroatoms. The molecule has 0 saturated carbocycles. The van der Waals surface area contributed by atoms with Crippen molar-refractivity contribution in [2.75, 3.05) is 17.4 Å². The molecule has 0 aliphatic heterocycles. The predicted octanol–water partition coefficient (Wildman–Crippen LogP) is 0.135. The van der Waals surface area contributed by atoms with E-state index in [1.807, 2.05) is 0 Å². The molecule has 5 nitrogen and oxygen atoms in total. The molecule has 0 N–H and O–H groups in total. The van der Waals surface area contributed by atoms with Crippen molar-refractivity contribution in [3.63, 3.8) is 0 Å². The molecule has 0 fully saturated rings. The second-order valence-electron chi connectivity index (χ2n) is 2.53. The van der Waals surface area contributed by atoms with Crippen LogP contribution in [0.15, 0.2) is 0 Å². The molecule has 0 rings (SSSR count). The summed E-state index contributed by atoms with van der Waals surface area (Å²) in [5, 5.41) is -0.915. The van der Waals surface area contributed by atoms with Crippen LogP contribution in [0.25, 0.3) is 0 Å². The van der Waals surface area contributed by atoms with E-state index >= 15 is 0 Å². The SMILES string of the molecule is CCCS(=O)(=O)CS(=O)(=O)OCC. The van der Waals surface area contributed by atoms with Gasteiger partial charge >= 0.3 is 0 Å². The summed E-state index contributed by atoms with van der Waals surface area (Å²) in [6.45, 7) is 3.12. The molecule has 0 amide bonds. The molecule has 0 aromatic carbocycles. The molecule has 0 saturated heterocycles. The van der Waals surface area contributed by atoms with Gasteiger partial charge in [-0.05, 0) is 13.3 Å². The largest absolute Gasteiger partial charge is 0.281 e. The topological polar surface area (TPSA) is 77.5 Å². The van der Waals surface area contributed by atoms with E-state index in [4.69, 9.17) is 0 Å². The van der Waals surface area contributed by atoms with Gasteiger partial charge in [0.05, 0.1) is 12.4 Å². The zero-order valence-electron chi connectivity index (χ0n) is 7.69. The Labute approximate surface area is 79.1 Å². The minimum absolute atomic E-state index is 0.0377. The van der Waals surface area contributed by atoms with Crippen molar-refractivity contribution < 1.29 is 21.0 Å². The smallest absolute Gasteiger partial charge is 0.270 e. The van der Waals surface area contributed by atoms with Crippen LogP contribution in [0.2, 0.25) is 0 Å². The van der Waals surface area contributed by atoms with Gasteiger partial charge in [0.25, 0.3) is 10.1 Å². The quantitative estimate of drug-likeness (QED) is 0.606. The molecule has 0 aromatic heterocycles. The van der Waals surface area contributed by atoms with Crippen LogP contribution in [-0.4, -0.2) is 34.3 Å². The second kappa shape index (κ2) is 4.92. The molecule has 0 radical (unpaired) electrons. The van der Waals surface area contributed by atoms with E-state index in [9.17, 15) is 16.8 Å². The van der Waals surface area contributed by atoms with E-state index in [2.05, 4.69) is 4.18 Å². The Morgan fingerprint density at radius 2 is 1.62 bits per heavy atom. The lowest BCUT2D eigenvalue weighted by atomic mass is 10.6. The van der Waals surface area contributed by atoms with E-state index in [1.54, 1.807) is 6.92 Å². The van der Waals surface area contributed by atoms with Gasteiger partial charge in [-0.1, -0.05) is 6.92 Å². The average Bonchev–Trinajstić information content (AvgIpc) is 1.82. The summed E-state index contributed by atoms with van der Waals surface area (Å²) in [4.78, 5) is 0. The van der Waals surface area contributed by atoms with Crippen LogP contribution in [0.3, 0.4) is 0 Å². The van der Waals surface area contributed by atoms with Crippen LogP contribution in [0.5, 0.6) is 0 Å². The second-order valence-corrected chi connectivity index (χ2v) is 6.72. The number of hydrogen-bond acceptors (Lipinski definition) is 5. The van der Waals surface area contributed by atoms with Crippen molar-refractivity contribution in [3.05, 3.63) is 0 Å². The summed E-state index contributed by atoms with van der Waals surface area (Å²) in [6, 6.07) is 0. The van der Waals surface area contributed by atoms with Crippen molar-refractivity contribution >= 4 is 20.0 Å². The fourth-order valence-electron chi connectivity index (χ4n) is 0.803.